The van der Waals surface area contributed by atoms with Gasteiger partial charge in [-0.1, -0.05) is 12.8 Å². The van der Waals surface area contributed by atoms with Gasteiger partial charge in [-0.05, 0) is 83.7 Å². The molecule has 2 aliphatic rings. The van der Waals surface area contributed by atoms with Crippen LogP contribution in [0.1, 0.15) is 108 Å². The molecular formula is C46H85N19O7S. The molecule has 1 aromatic rings. The number of fused-ring (bicyclic) bond motifs is 1. The Bertz CT molecular complexity index is 1920. The minimum atomic E-state index is -1.11. The molecule has 0 bridgehead atoms. The molecule has 0 aromatic carbocycles. The van der Waals surface area contributed by atoms with Crippen molar-refractivity contribution in [2.75, 3.05) is 71.2 Å². The number of aromatic nitrogens is 2. The molecule has 4 unspecified atom stereocenters. The zero-order chi connectivity index (χ0) is 53.5. The van der Waals surface area contributed by atoms with Crippen LogP contribution in [0.15, 0.2) is 22.5 Å². The highest BCUT2D eigenvalue weighted by molar-refractivity contribution is 8.00. The van der Waals surface area contributed by atoms with Crippen molar-refractivity contribution in [1.29, 1.82) is 0 Å². The standard InChI is InChI=1S/C46H85N19O7S/c47-17-7-1-2-14-39(68)65(35(27-31-28-55-30-60-31)43(71)57-22-25-64(33(41(50)69)11-5-8-18-48)38(67)16-6-9-20-58-44(51)52)26-23-56-42(70)34(12-10-21-59-45(53)54)63(24-19-49)37(66)15-4-3-13-36-40-32(29-73-36)61-46(72)62-40/h28,30,32-36,40H,1-27,29,47-49H2,(H2,50,69)(H,55,60)(H,56,70)(H,57,71)(H4,51,52,58)(H4,53,54,59)(H2,61,62,72)/t32-,33?,34?,35?,36?,40-/m0/s1. The zero-order valence-electron chi connectivity index (χ0n) is 42.5. The molecule has 0 radical (unpaired) electrons. The lowest BCUT2D eigenvalue weighted by molar-refractivity contribution is -0.142. The van der Waals surface area contributed by atoms with Crippen LogP contribution in [0.4, 0.5) is 4.79 Å². The van der Waals surface area contributed by atoms with Gasteiger partial charge in [0.25, 0.3) is 0 Å². The predicted octanol–water partition coefficient (Wildman–Crippen LogP) is -2.91. The number of carbonyl (C=O) groups is 7. The molecule has 0 saturated carbocycles. The van der Waals surface area contributed by atoms with Crippen molar-refractivity contribution in [2.45, 2.75) is 145 Å². The molecule has 6 atom stereocenters. The Balaban J connectivity index is 1.82. The summed E-state index contributed by atoms with van der Waals surface area (Å²) >= 11 is 1.80. The summed E-state index contributed by atoms with van der Waals surface area (Å²) in [4.78, 5) is 115. The number of amides is 8. The third-order valence-corrected chi connectivity index (χ3v) is 14.3. The Hall–Kier alpha value is -5.93. The highest BCUT2D eigenvalue weighted by atomic mass is 32.2. The fourth-order valence-electron chi connectivity index (χ4n) is 9.03. The van der Waals surface area contributed by atoms with E-state index in [-0.39, 0.29) is 137 Å². The molecule has 2 saturated heterocycles. The van der Waals surface area contributed by atoms with E-state index in [1.54, 1.807) is 18.0 Å². The Morgan fingerprint density at radius 1 is 0.658 bits per heavy atom. The first-order chi connectivity index (χ1) is 35.1. The lowest BCUT2D eigenvalue weighted by atomic mass is 10.0. The maximum atomic E-state index is 14.4. The van der Waals surface area contributed by atoms with E-state index >= 15 is 0 Å². The number of urea groups is 1. The van der Waals surface area contributed by atoms with Gasteiger partial charge in [-0.25, -0.2) is 9.78 Å². The lowest BCUT2D eigenvalue weighted by Gasteiger charge is -2.33. The van der Waals surface area contributed by atoms with Crippen molar-refractivity contribution < 1.29 is 33.6 Å². The highest BCUT2D eigenvalue weighted by Crippen LogP contribution is 2.33. The van der Waals surface area contributed by atoms with E-state index in [0.29, 0.717) is 83.1 Å². The number of guanidine groups is 2. The summed E-state index contributed by atoms with van der Waals surface area (Å²) < 4.78 is 0. The number of unbranched alkanes of at least 4 members (excludes halogenated alkanes) is 5. The van der Waals surface area contributed by atoms with Crippen LogP contribution in [0.2, 0.25) is 0 Å². The van der Waals surface area contributed by atoms with Crippen LogP contribution >= 0.6 is 11.8 Å². The summed E-state index contributed by atoms with van der Waals surface area (Å²) in [7, 11) is 0. The summed E-state index contributed by atoms with van der Waals surface area (Å²) in [5, 5.41) is 12.0. The van der Waals surface area contributed by atoms with E-state index in [4.69, 9.17) is 45.9 Å². The molecule has 27 heteroatoms. The van der Waals surface area contributed by atoms with Gasteiger partial charge in [0.15, 0.2) is 11.9 Å². The number of nitrogens with one attached hydrogen (secondary N) is 5. The van der Waals surface area contributed by atoms with Crippen molar-refractivity contribution >= 4 is 65.2 Å². The molecule has 3 heterocycles. The van der Waals surface area contributed by atoms with Gasteiger partial charge in [-0.2, -0.15) is 11.8 Å². The zero-order valence-corrected chi connectivity index (χ0v) is 43.3. The number of rotatable bonds is 39. The van der Waals surface area contributed by atoms with Crippen LogP contribution in [0, 0.1) is 0 Å². The Kier molecular flexibility index (Phi) is 29.0. The summed E-state index contributed by atoms with van der Waals surface area (Å²) in [5.41, 5.74) is 45.9. The maximum Gasteiger partial charge on any atom is 0.315 e. The second kappa shape index (κ2) is 34.5. The van der Waals surface area contributed by atoms with Crippen molar-refractivity contribution in [2.24, 2.45) is 55.9 Å². The fourth-order valence-corrected chi connectivity index (χ4v) is 10.6. The smallest absolute Gasteiger partial charge is 0.315 e. The van der Waals surface area contributed by atoms with E-state index in [0.717, 1.165) is 18.6 Å². The summed E-state index contributed by atoms with van der Waals surface area (Å²) in [6.07, 6.45) is 10.3. The number of carbonyl (C=O) groups excluding carboxylic acids is 7. The molecule has 2 aliphatic heterocycles. The molecule has 0 aliphatic carbocycles. The van der Waals surface area contributed by atoms with Crippen LogP contribution < -0.4 is 67.1 Å². The van der Waals surface area contributed by atoms with E-state index in [2.05, 4.69) is 41.2 Å². The Morgan fingerprint density at radius 2 is 1.21 bits per heavy atom. The van der Waals surface area contributed by atoms with Gasteiger partial charge in [-0.15, -0.1) is 0 Å². The van der Waals surface area contributed by atoms with E-state index in [1.165, 1.54) is 21.0 Å². The molecule has 2 fully saturated rings. The minimum absolute atomic E-state index is 0.0220. The van der Waals surface area contributed by atoms with Gasteiger partial charge < -0.3 is 86.8 Å². The normalized spacial score (nSPS) is 17.0. The number of nitrogens with two attached hydrogens (primary N) is 8. The van der Waals surface area contributed by atoms with Crippen LogP contribution in [0.25, 0.3) is 0 Å². The summed E-state index contributed by atoms with van der Waals surface area (Å²) in [6.45, 7) is 1.25. The molecule has 412 valence electrons. The number of primary amides is 1. The topological polar surface area (TPSA) is 439 Å². The van der Waals surface area contributed by atoms with Crippen molar-refractivity contribution in [3.05, 3.63) is 18.2 Å². The van der Waals surface area contributed by atoms with Crippen LogP contribution in [-0.2, 0) is 35.2 Å². The molecule has 21 N–H and O–H groups in total. The van der Waals surface area contributed by atoms with Gasteiger partial charge in [0.1, 0.15) is 18.1 Å². The molecule has 0 spiro atoms. The Morgan fingerprint density at radius 3 is 1.78 bits per heavy atom. The third kappa shape index (κ3) is 22.4. The molecule has 73 heavy (non-hydrogen) atoms. The van der Waals surface area contributed by atoms with Crippen LogP contribution in [0.5, 0.6) is 0 Å². The van der Waals surface area contributed by atoms with Gasteiger partial charge in [0, 0.05) is 101 Å². The first-order valence-corrected chi connectivity index (χ1v) is 26.8. The minimum Gasteiger partial charge on any atom is -0.370 e. The molecule has 1 aromatic heterocycles. The average molecular weight is 1050 g/mol. The first-order valence-electron chi connectivity index (χ1n) is 25.7. The van der Waals surface area contributed by atoms with Gasteiger partial charge >= 0.3 is 6.03 Å². The number of thioether (sulfide) groups is 1. The summed E-state index contributed by atoms with van der Waals surface area (Å²) in [6, 6.07) is -3.04. The van der Waals surface area contributed by atoms with Gasteiger partial charge in [0.05, 0.1) is 18.4 Å². The van der Waals surface area contributed by atoms with Gasteiger partial charge in [-0.3, -0.25) is 38.8 Å². The van der Waals surface area contributed by atoms with Crippen molar-refractivity contribution in [3.8, 4) is 0 Å². The van der Waals surface area contributed by atoms with Crippen LogP contribution in [0.3, 0.4) is 0 Å². The summed E-state index contributed by atoms with van der Waals surface area (Å²) in [5.74, 6) is -1.99. The number of hydrogen-bond donors (Lipinski definition) is 13. The maximum absolute atomic E-state index is 14.4. The number of H-pyrrole nitrogens is 1. The molecular weight excluding hydrogens is 963 g/mol. The van der Waals surface area contributed by atoms with E-state index in [9.17, 15) is 33.6 Å². The van der Waals surface area contributed by atoms with Crippen molar-refractivity contribution in [3.63, 3.8) is 0 Å². The van der Waals surface area contributed by atoms with Crippen LogP contribution in [-0.4, -0.2) is 185 Å². The number of aliphatic imine (C=N–C) groups is 2. The number of hydrogen-bond acceptors (Lipinski definition) is 14. The number of imidazole rings is 1. The number of nitrogens with zero attached hydrogens (tertiary/aromatic N) is 6. The molecule has 8 amide bonds. The quantitative estimate of drug-likeness (QED) is 0.0136. The van der Waals surface area contributed by atoms with E-state index < -0.39 is 35.8 Å². The Labute approximate surface area is 433 Å². The monoisotopic (exact) mass is 1050 g/mol. The molecule has 3 rings (SSSR count). The second-order valence-corrected chi connectivity index (χ2v) is 19.6. The first kappa shape index (κ1) is 61.4. The molecule has 26 nitrogen and oxygen atoms in total. The SMILES string of the molecule is NCCCCCC(=O)N(CCNC(=O)C(CCCN=C(N)N)N(CCN)C(=O)CCCCC1SC[C@@H]2NC(=O)N[C@H]12)C(Cc1cnc[nH]1)C(=O)NCCN(C(=O)CCCCN=C(N)N)C(CCCCN)C(N)=O. The fraction of sp³-hybridized carbons (Fsp3) is 0.739. The van der Waals surface area contributed by atoms with E-state index in [1.807, 2.05) is 0 Å². The number of aromatic amines is 1. The third-order valence-electron chi connectivity index (χ3n) is 12.8. The van der Waals surface area contributed by atoms with Crippen molar-refractivity contribution in [1.82, 2.24) is 45.9 Å². The predicted molar refractivity (Wildman–Crippen MR) is 282 cm³/mol. The average Bonchev–Trinajstić information content (AvgIpc) is 4.10. The second-order valence-electron chi connectivity index (χ2n) is 18.3. The van der Waals surface area contributed by atoms with Gasteiger partial charge in [0.2, 0.25) is 35.4 Å². The lowest BCUT2D eigenvalue weighted by Crippen LogP contribution is -2.56. The highest BCUT2D eigenvalue weighted by Gasteiger charge is 2.42. The largest absolute Gasteiger partial charge is 0.370 e.